The van der Waals surface area contributed by atoms with Crippen molar-refractivity contribution in [3.63, 3.8) is 0 Å². The van der Waals surface area contributed by atoms with Gasteiger partial charge in [0.25, 0.3) is 0 Å². The highest BCUT2D eigenvalue weighted by atomic mass is 19.1. The molecule has 0 spiro atoms. The lowest BCUT2D eigenvalue weighted by Gasteiger charge is -2.44. The molecule has 1 N–H and O–H groups in total. The van der Waals surface area contributed by atoms with Crippen molar-refractivity contribution in [1.29, 1.82) is 0 Å². The molecule has 3 rings (SSSR count). The molecule has 1 saturated carbocycles. The average Bonchev–Trinajstić information content (AvgIpc) is 2.87. The van der Waals surface area contributed by atoms with Gasteiger partial charge in [-0.15, -0.1) is 0 Å². The van der Waals surface area contributed by atoms with Gasteiger partial charge in [0, 0.05) is 11.5 Å². The number of halogens is 2. The van der Waals surface area contributed by atoms with E-state index in [1.165, 1.54) is 32.1 Å². The summed E-state index contributed by atoms with van der Waals surface area (Å²) in [4.78, 5) is 0. The highest BCUT2D eigenvalue weighted by Gasteiger charge is 2.57. The summed E-state index contributed by atoms with van der Waals surface area (Å²) in [7, 11) is 0. The van der Waals surface area contributed by atoms with Crippen LogP contribution in [0.4, 0.5) is 8.78 Å². The molecule has 1 unspecified atom stereocenters. The maximum atomic E-state index is 14.4. The Morgan fingerprint density at radius 3 is 2.00 bits per heavy atom. The van der Waals surface area contributed by atoms with Crippen molar-refractivity contribution in [1.82, 2.24) is 0 Å². The fourth-order valence-corrected chi connectivity index (χ4v) is 5.81. The van der Waals surface area contributed by atoms with Crippen molar-refractivity contribution in [3.8, 4) is 0 Å². The first-order valence-electron chi connectivity index (χ1n) is 12.4. The largest absolute Gasteiger partial charge is 0.384 e. The van der Waals surface area contributed by atoms with Gasteiger partial charge in [-0.3, -0.25) is 0 Å². The van der Waals surface area contributed by atoms with E-state index in [0.29, 0.717) is 29.5 Å². The predicted molar refractivity (Wildman–Crippen MR) is 123 cm³/mol. The molecule has 1 aromatic rings. The topological polar surface area (TPSA) is 20.2 Å². The highest BCUT2D eigenvalue weighted by Crippen LogP contribution is 2.57. The summed E-state index contributed by atoms with van der Waals surface area (Å²) >= 11 is 0. The zero-order valence-corrected chi connectivity index (χ0v) is 20.2. The summed E-state index contributed by atoms with van der Waals surface area (Å²) in [5, 5.41) is 11.8. The Balaban J connectivity index is 0.000000386. The molecule has 0 saturated heterocycles. The maximum absolute atomic E-state index is 14.4. The third-order valence-corrected chi connectivity index (χ3v) is 7.61. The molecule has 2 aliphatic carbocycles. The predicted octanol–water partition coefficient (Wildman–Crippen LogP) is 8.10. The van der Waals surface area contributed by atoms with Crippen LogP contribution in [-0.4, -0.2) is 5.11 Å². The van der Waals surface area contributed by atoms with E-state index in [1.54, 1.807) is 0 Å². The van der Waals surface area contributed by atoms with E-state index in [2.05, 4.69) is 20.8 Å². The number of fused-ring (bicyclic) bond motifs is 1. The van der Waals surface area contributed by atoms with Gasteiger partial charge < -0.3 is 5.11 Å². The number of hydrogen-bond acceptors (Lipinski definition) is 1. The van der Waals surface area contributed by atoms with Crippen molar-refractivity contribution in [2.45, 2.75) is 118 Å². The minimum Gasteiger partial charge on any atom is -0.384 e. The van der Waals surface area contributed by atoms with Crippen LogP contribution in [0.3, 0.4) is 0 Å². The summed E-state index contributed by atoms with van der Waals surface area (Å²) in [6, 6.07) is 0.994. The van der Waals surface area contributed by atoms with E-state index in [4.69, 9.17) is 0 Å². The zero-order valence-electron chi connectivity index (χ0n) is 20.2. The minimum absolute atomic E-state index is 0.0280. The van der Waals surface area contributed by atoms with Crippen molar-refractivity contribution in [2.75, 3.05) is 0 Å². The third-order valence-electron chi connectivity index (χ3n) is 7.61. The van der Waals surface area contributed by atoms with Gasteiger partial charge in [-0.2, -0.15) is 0 Å². The molecule has 30 heavy (non-hydrogen) atoms. The van der Waals surface area contributed by atoms with Crippen LogP contribution in [0.1, 0.15) is 116 Å². The van der Waals surface area contributed by atoms with E-state index >= 15 is 0 Å². The smallest absolute Gasteiger partial charge is 0.129 e. The van der Waals surface area contributed by atoms with Crippen molar-refractivity contribution >= 4 is 0 Å². The van der Waals surface area contributed by atoms with Crippen LogP contribution in [0.2, 0.25) is 0 Å². The minimum atomic E-state index is -1.16. The molecule has 0 bridgehead atoms. The van der Waals surface area contributed by atoms with E-state index in [-0.39, 0.29) is 5.92 Å². The summed E-state index contributed by atoms with van der Waals surface area (Å²) < 4.78 is 28.8. The average molecular weight is 423 g/mol. The lowest BCUT2D eigenvalue weighted by atomic mass is 9.65. The molecule has 2 aliphatic rings. The van der Waals surface area contributed by atoms with Crippen LogP contribution >= 0.6 is 0 Å². The Bertz CT molecular complexity index is 687. The molecule has 0 aliphatic heterocycles. The molecule has 1 atom stereocenters. The molecule has 0 radical (unpaired) electrons. The maximum Gasteiger partial charge on any atom is 0.129 e. The second-order valence-corrected chi connectivity index (χ2v) is 10.2. The first kappa shape index (κ1) is 25.3. The van der Waals surface area contributed by atoms with Crippen LogP contribution in [0, 0.1) is 28.9 Å². The molecule has 1 aromatic carbocycles. The van der Waals surface area contributed by atoms with Crippen LogP contribution < -0.4 is 0 Å². The molecule has 3 heteroatoms. The molecule has 172 valence electrons. The molecule has 1 fully saturated rings. The number of rotatable bonds is 8. The van der Waals surface area contributed by atoms with Crippen molar-refractivity contribution in [3.05, 3.63) is 34.4 Å². The number of hydrogen-bond donors (Lipinski definition) is 1. The van der Waals surface area contributed by atoms with Gasteiger partial charge in [-0.25, -0.2) is 8.78 Å². The van der Waals surface area contributed by atoms with Crippen LogP contribution in [0.25, 0.3) is 0 Å². The molecule has 0 aromatic heterocycles. The zero-order chi connectivity index (χ0) is 22.5. The van der Waals surface area contributed by atoms with Gasteiger partial charge in [-0.05, 0) is 54.2 Å². The molecular formula is C27H44F2O. The van der Waals surface area contributed by atoms with Crippen LogP contribution in [0.15, 0.2) is 6.07 Å². The van der Waals surface area contributed by atoms with Gasteiger partial charge in [0.2, 0.25) is 0 Å². The fourth-order valence-electron chi connectivity index (χ4n) is 5.81. The number of aliphatic hydroxyl groups is 1. The Hall–Kier alpha value is -0.960. The first-order chi connectivity index (χ1) is 14.2. The van der Waals surface area contributed by atoms with Crippen LogP contribution in [-0.2, 0) is 18.4 Å². The van der Waals surface area contributed by atoms with Gasteiger partial charge in [0.1, 0.15) is 11.6 Å². The summed E-state index contributed by atoms with van der Waals surface area (Å²) in [6.07, 6.45) is 12.0. The Morgan fingerprint density at radius 1 is 1.00 bits per heavy atom. The van der Waals surface area contributed by atoms with Gasteiger partial charge in [-0.1, -0.05) is 86.5 Å². The normalized spacial score (nSPS) is 22.5. The van der Waals surface area contributed by atoms with E-state index < -0.39 is 22.7 Å². The second-order valence-electron chi connectivity index (χ2n) is 10.2. The lowest BCUT2D eigenvalue weighted by Crippen LogP contribution is -2.45. The third kappa shape index (κ3) is 4.76. The molecule has 0 heterocycles. The van der Waals surface area contributed by atoms with Crippen molar-refractivity contribution < 1.29 is 13.9 Å². The molecule has 0 amide bonds. The second kappa shape index (κ2) is 10.6. The van der Waals surface area contributed by atoms with E-state index in [1.807, 2.05) is 20.8 Å². The SMILES string of the molecule is CCCC(CCC)C1(O)c2c(CC)c(F)cc(F)c2CC1(C)C.CCCC1CCC1. The monoisotopic (exact) mass is 422 g/mol. The Kier molecular flexibility index (Phi) is 8.92. The number of benzene rings is 1. The summed E-state index contributed by atoms with van der Waals surface area (Å²) in [5.41, 5.74) is -0.0973. The van der Waals surface area contributed by atoms with Gasteiger partial charge >= 0.3 is 0 Å². The molecular weight excluding hydrogens is 378 g/mol. The highest BCUT2D eigenvalue weighted by molar-refractivity contribution is 5.48. The lowest BCUT2D eigenvalue weighted by molar-refractivity contribution is -0.113. The van der Waals surface area contributed by atoms with E-state index in [0.717, 1.165) is 37.7 Å². The Morgan fingerprint density at radius 2 is 1.60 bits per heavy atom. The summed E-state index contributed by atoms with van der Waals surface area (Å²) in [5.74, 6) is 0.127. The quantitative estimate of drug-likeness (QED) is 0.448. The van der Waals surface area contributed by atoms with Gasteiger partial charge in [0.15, 0.2) is 0 Å². The standard InChI is InChI=1S/C20H30F2O.C7H14/c1-6-9-13(10-7-2)20(23)18-14(8-3)16(21)11-17(22)15(18)12-19(20,4)5;1-2-4-7-5-3-6-7/h11,13,23H,6-10,12H2,1-5H3;7H,2-6H2,1H3. The van der Waals surface area contributed by atoms with Crippen molar-refractivity contribution in [2.24, 2.45) is 17.3 Å². The summed E-state index contributed by atoms with van der Waals surface area (Å²) in [6.45, 7) is 12.3. The van der Waals surface area contributed by atoms with Gasteiger partial charge in [0.05, 0.1) is 5.60 Å². The molecule has 1 nitrogen and oxygen atoms in total. The van der Waals surface area contributed by atoms with Crippen LogP contribution in [0.5, 0.6) is 0 Å². The first-order valence-corrected chi connectivity index (χ1v) is 12.4. The fraction of sp³-hybridized carbons (Fsp3) is 0.778. The van der Waals surface area contributed by atoms with E-state index in [9.17, 15) is 13.9 Å². The Labute approximate surface area is 183 Å².